The highest BCUT2D eigenvalue weighted by molar-refractivity contribution is 7.92. The molecule has 1 amide bonds. The van der Waals surface area contributed by atoms with Crippen LogP contribution in [-0.4, -0.2) is 32.8 Å². The van der Waals surface area contributed by atoms with E-state index >= 15 is 0 Å². The number of nitrogens with zero attached hydrogens (tertiary/aromatic N) is 2. The molecular weight excluding hydrogens is 450 g/mol. The van der Waals surface area contributed by atoms with Gasteiger partial charge in [0.05, 0.1) is 18.2 Å². The Morgan fingerprint density at radius 2 is 1.50 bits per heavy atom. The summed E-state index contributed by atoms with van der Waals surface area (Å²) in [6.07, 6.45) is 2.58. The lowest BCUT2D eigenvalue weighted by atomic mass is 10.0. The molecule has 0 spiro atoms. The van der Waals surface area contributed by atoms with Gasteiger partial charge in [-0.25, -0.2) is 13.8 Å². The predicted molar refractivity (Wildman–Crippen MR) is 136 cm³/mol. The van der Waals surface area contributed by atoms with Crippen molar-refractivity contribution in [1.29, 1.82) is 0 Å². The maximum atomic E-state index is 12.7. The number of hydrazone groups is 1. The summed E-state index contributed by atoms with van der Waals surface area (Å²) >= 11 is 0. The molecular formula is C26H29N3O4S. The van der Waals surface area contributed by atoms with Crippen LogP contribution in [0, 0.1) is 0 Å². The van der Waals surface area contributed by atoms with Gasteiger partial charge in [0.1, 0.15) is 17.5 Å². The Bertz CT molecular complexity index is 1220. The molecule has 0 heterocycles. The number of anilines is 1. The highest BCUT2D eigenvalue weighted by Crippen LogP contribution is 2.27. The molecule has 0 fully saturated rings. The molecule has 0 saturated heterocycles. The molecule has 0 saturated carbocycles. The minimum Gasteiger partial charge on any atom is -0.457 e. The van der Waals surface area contributed by atoms with Crippen molar-refractivity contribution >= 4 is 27.8 Å². The van der Waals surface area contributed by atoms with Crippen LogP contribution in [0.15, 0.2) is 84.0 Å². The summed E-state index contributed by atoms with van der Waals surface area (Å²) in [6, 6.07) is 22.6. The number of carbonyl (C=O) groups is 1. The molecule has 7 nitrogen and oxygen atoms in total. The van der Waals surface area contributed by atoms with Crippen molar-refractivity contribution < 1.29 is 17.9 Å². The average molecular weight is 480 g/mol. The van der Waals surface area contributed by atoms with Crippen LogP contribution in [0.5, 0.6) is 11.5 Å². The van der Waals surface area contributed by atoms with Crippen molar-refractivity contribution in [3.63, 3.8) is 0 Å². The van der Waals surface area contributed by atoms with Gasteiger partial charge in [0.2, 0.25) is 10.0 Å². The monoisotopic (exact) mass is 479 g/mol. The molecule has 0 bridgehead atoms. The molecule has 0 aliphatic carbocycles. The standard InChI is InChI=1S/C26H29N3O4S/c1-19(2)22-12-10-21(11-13-22)18-27-28-26(30)20(3)29(34(4,31)32)23-14-16-25(17-15-23)33-24-8-6-5-7-9-24/h5-20H,1-4H3,(H,28,30)/b27-18-/t20-/m1/s1. The van der Waals surface area contributed by atoms with Crippen LogP contribution in [0.1, 0.15) is 37.8 Å². The third-order valence-corrected chi connectivity index (χ3v) is 6.39. The van der Waals surface area contributed by atoms with Crippen LogP contribution in [0.25, 0.3) is 0 Å². The lowest BCUT2D eigenvalue weighted by Gasteiger charge is -2.27. The number of hydrogen-bond donors (Lipinski definition) is 1. The number of hydrogen-bond acceptors (Lipinski definition) is 5. The van der Waals surface area contributed by atoms with Gasteiger partial charge in [-0.05, 0) is 60.4 Å². The second kappa shape index (κ2) is 11.0. The number of sulfonamides is 1. The Hall–Kier alpha value is -3.65. The van der Waals surface area contributed by atoms with E-state index in [4.69, 9.17) is 4.74 Å². The first kappa shape index (κ1) is 25.0. The van der Waals surface area contributed by atoms with Crippen molar-refractivity contribution in [2.24, 2.45) is 5.10 Å². The largest absolute Gasteiger partial charge is 0.457 e. The summed E-state index contributed by atoms with van der Waals surface area (Å²) in [5.41, 5.74) is 4.81. The molecule has 178 valence electrons. The van der Waals surface area contributed by atoms with Gasteiger partial charge in [-0.15, -0.1) is 0 Å². The first-order valence-electron chi connectivity index (χ1n) is 10.9. The molecule has 0 radical (unpaired) electrons. The summed E-state index contributed by atoms with van der Waals surface area (Å²) in [4.78, 5) is 12.7. The molecule has 1 N–H and O–H groups in total. The maximum absolute atomic E-state index is 12.7. The molecule has 0 aliphatic rings. The summed E-state index contributed by atoms with van der Waals surface area (Å²) in [7, 11) is -3.74. The molecule has 3 aromatic rings. The van der Waals surface area contributed by atoms with Gasteiger partial charge in [-0.2, -0.15) is 5.10 Å². The van der Waals surface area contributed by atoms with Crippen LogP contribution in [0.3, 0.4) is 0 Å². The fourth-order valence-electron chi connectivity index (χ4n) is 3.33. The maximum Gasteiger partial charge on any atom is 0.263 e. The summed E-state index contributed by atoms with van der Waals surface area (Å²) in [5, 5.41) is 3.99. The van der Waals surface area contributed by atoms with Crippen LogP contribution in [-0.2, 0) is 14.8 Å². The topological polar surface area (TPSA) is 88.1 Å². The SMILES string of the molecule is CC(C)c1ccc(/C=N\NC(=O)[C@@H](C)N(c2ccc(Oc3ccccc3)cc2)S(C)(=O)=O)cc1. The van der Waals surface area contributed by atoms with Gasteiger partial charge in [0.15, 0.2) is 0 Å². The predicted octanol–water partition coefficient (Wildman–Crippen LogP) is 4.91. The van der Waals surface area contributed by atoms with Crippen molar-refractivity contribution in [2.75, 3.05) is 10.6 Å². The molecule has 0 aromatic heterocycles. The minimum absolute atomic E-state index is 0.346. The highest BCUT2D eigenvalue weighted by atomic mass is 32.2. The smallest absolute Gasteiger partial charge is 0.263 e. The van der Waals surface area contributed by atoms with E-state index in [2.05, 4.69) is 24.4 Å². The van der Waals surface area contributed by atoms with Crippen molar-refractivity contribution in [1.82, 2.24) is 5.43 Å². The van der Waals surface area contributed by atoms with E-state index < -0.39 is 22.0 Å². The lowest BCUT2D eigenvalue weighted by molar-refractivity contribution is -0.121. The Morgan fingerprint density at radius 3 is 2.06 bits per heavy atom. The normalized spacial score (nSPS) is 12.5. The number of benzene rings is 3. The van der Waals surface area contributed by atoms with Crippen LogP contribution in [0.2, 0.25) is 0 Å². The molecule has 0 aliphatic heterocycles. The zero-order chi connectivity index (χ0) is 24.7. The quantitative estimate of drug-likeness (QED) is 0.349. The lowest BCUT2D eigenvalue weighted by Crippen LogP contribution is -2.46. The van der Waals surface area contributed by atoms with Gasteiger partial charge in [-0.3, -0.25) is 9.10 Å². The number of nitrogens with one attached hydrogen (secondary N) is 1. The third kappa shape index (κ3) is 6.68. The Labute approximate surface area is 201 Å². The zero-order valence-corrected chi connectivity index (χ0v) is 20.5. The summed E-state index contributed by atoms with van der Waals surface area (Å²) < 4.78 is 31.8. The Balaban J connectivity index is 1.70. The average Bonchev–Trinajstić information content (AvgIpc) is 2.80. The second-order valence-corrected chi connectivity index (χ2v) is 10.1. The van der Waals surface area contributed by atoms with E-state index in [1.165, 1.54) is 18.7 Å². The number of amides is 1. The first-order chi connectivity index (χ1) is 16.1. The van der Waals surface area contributed by atoms with Gasteiger partial charge in [0.25, 0.3) is 5.91 Å². The van der Waals surface area contributed by atoms with Crippen LogP contribution < -0.4 is 14.5 Å². The number of carbonyl (C=O) groups excluding carboxylic acids is 1. The van der Waals surface area contributed by atoms with E-state index in [1.54, 1.807) is 24.3 Å². The Kier molecular flexibility index (Phi) is 8.07. The zero-order valence-electron chi connectivity index (χ0n) is 19.7. The van der Waals surface area contributed by atoms with Gasteiger partial charge >= 0.3 is 0 Å². The molecule has 3 aromatic carbocycles. The van der Waals surface area contributed by atoms with Crippen molar-refractivity contribution in [3.05, 3.63) is 90.0 Å². The van der Waals surface area contributed by atoms with Crippen molar-refractivity contribution in [2.45, 2.75) is 32.7 Å². The van der Waals surface area contributed by atoms with Crippen molar-refractivity contribution in [3.8, 4) is 11.5 Å². The van der Waals surface area contributed by atoms with E-state index in [1.807, 2.05) is 54.6 Å². The van der Waals surface area contributed by atoms with E-state index in [-0.39, 0.29) is 0 Å². The molecule has 1 atom stereocenters. The highest BCUT2D eigenvalue weighted by Gasteiger charge is 2.29. The Morgan fingerprint density at radius 1 is 0.912 bits per heavy atom. The third-order valence-electron chi connectivity index (χ3n) is 5.15. The van der Waals surface area contributed by atoms with Crippen LogP contribution >= 0.6 is 0 Å². The molecule has 8 heteroatoms. The molecule has 3 rings (SSSR count). The van der Waals surface area contributed by atoms with Gasteiger partial charge in [0, 0.05) is 0 Å². The fourth-order valence-corrected chi connectivity index (χ4v) is 4.50. The minimum atomic E-state index is -3.74. The summed E-state index contributed by atoms with van der Waals surface area (Å²) in [6.45, 7) is 5.74. The second-order valence-electron chi connectivity index (χ2n) is 8.20. The van der Waals surface area contributed by atoms with Crippen LogP contribution in [0.4, 0.5) is 5.69 Å². The van der Waals surface area contributed by atoms with Gasteiger partial charge < -0.3 is 4.74 Å². The number of rotatable bonds is 9. The molecule has 34 heavy (non-hydrogen) atoms. The summed E-state index contributed by atoms with van der Waals surface area (Å²) in [5.74, 6) is 1.09. The number of para-hydroxylation sites is 1. The van der Waals surface area contributed by atoms with E-state index in [9.17, 15) is 13.2 Å². The van der Waals surface area contributed by atoms with E-state index in [0.717, 1.165) is 16.1 Å². The van der Waals surface area contributed by atoms with Gasteiger partial charge in [-0.1, -0.05) is 56.3 Å². The first-order valence-corrected chi connectivity index (χ1v) is 12.7. The number of ether oxygens (including phenoxy) is 1. The van der Waals surface area contributed by atoms with E-state index in [0.29, 0.717) is 23.1 Å². The molecule has 0 unspecified atom stereocenters. The fraction of sp³-hybridized carbons (Fsp3) is 0.231.